The fraction of sp³-hybridized carbons (Fsp3) is 0.700. The summed E-state index contributed by atoms with van der Waals surface area (Å²) in [5.41, 5.74) is 0. The maximum absolute atomic E-state index is 12.3. The predicted molar refractivity (Wildman–Crippen MR) is 50.1 cm³/mol. The molecule has 1 rings (SSSR count). The molecule has 0 bridgehead atoms. The molecule has 1 fully saturated rings. The third-order valence-corrected chi connectivity index (χ3v) is 2.66. The van der Waals surface area contributed by atoms with Crippen LogP contribution in [0.25, 0.3) is 0 Å². The second kappa shape index (κ2) is 5.08. The van der Waals surface area contributed by atoms with Gasteiger partial charge in [-0.15, -0.1) is 0 Å². The first-order valence-electron chi connectivity index (χ1n) is 4.84. The van der Waals surface area contributed by atoms with Crippen molar-refractivity contribution in [3.8, 4) is 0 Å². The molecule has 0 aromatic heterocycles. The van der Waals surface area contributed by atoms with E-state index in [0.29, 0.717) is 25.7 Å². The van der Waals surface area contributed by atoms with Crippen LogP contribution in [-0.4, -0.2) is 18.4 Å². The lowest BCUT2D eigenvalue weighted by Crippen LogP contribution is -2.37. The minimum atomic E-state index is -2.22. The van der Waals surface area contributed by atoms with Crippen LogP contribution in [0.4, 0.5) is 8.78 Å². The highest BCUT2D eigenvalue weighted by atomic mass is 19.3. The van der Waals surface area contributed by atoms with E-state index in [1.807, 2.05) is 0 Å². The van der Waals surface area contributed by atoms with E-state index in [2.05, 4.69) is 11.9 Å². The summed E-state index contributed by atoms with van der Waals surface area (Å²) in [6, 6.07) is 0.0514. The van der Waals surface area contributed by atoms with Crippen LogP contribution in [0.5, 0.6) is 0 Å². The Labute approximate surface area is 82.4 Å². The van der Waals surface area contributed by atoms with Gasteiger partial charge in [-0.2, -0.15) is 0 Å². The Kier molecular flexibility index (Phi) is 4.04. The number of alkyl halides is 2. The van der Waals surface area contributed by atoms with Gasteiger partial charge in [0.15, 0.2) is 0 Å². The first-order valence-corrected chi connectivity index (χ1v) is 4.84. The van der Waals surface area contributed by atoms with Crippen molar-refractivity contribution in [2.45, 2.75) is 38.2 Å². The van der Waals surface area contributed by atoms with Gasteiger partial charge in [0.05, 0.1) is 0 Å². The summed E-state index contributed by atoms with van der Waals surface area (Å²) in [5.74, 6) is -0.697. The molecule has 14 heavy (non-hydrogen) atoms. The average molecular weight is 203 g/mol. The van der Waals surface area contributed by atoms with E-state index in [-0.39, 0.29) is 11.9 Å². The molecular weight excluding hydrogens is 188 g/mol. The van der Waals surface area contributed by atoms with Crippen molar-refractivity contribution in [1.82, 2.24) is 5.32 Å². The van der Waals surface area contributed by atoms with E-state index in [9.17, 15) is 13.6 Å². The summed E-state index contributed by atoms with van der Waals surface area (Å²) in [7, 11) is 0. The molecule has 0 aromatic rings. The van der Waals surface area contributed by atoms with Crippen LogP contribution >= 0.6 is 0 Å². The van der Waals surface area contributed by atoms with E-state index in [0.717, 1.165) is 0 Å². The molecule has 4 heteroatoms. The molecular formula is C10H15F2NO. The van der Waals surface area contributed by atoms with Crippen molar-refractivity contribution >= 4 is 5.91 Å². The van der Waals surface area contributed by atoms with Crippen LogP contribution < -0.4 is 5.32 Å². The van der Waals surface area contributed by atoms with Crippen molar-refractivity contribution in [1.29, 1.82) is 0 Å². The number of amides is 1. The molecule has 1 aliphatic rings. The SMILES string of the molecule is C=CC(=O)NC1CCC(C(F)F)CC1. The largest absolute Gasteiger partial charge is 0.350 e. The van der Waals surface area contributed by atoms with Gasteiger partial charge >= 0.3 is 0 Å². The third-order valence-electron chi connectivity index (χ3n) is 2.66. The van der Waals surface area contributed by atoms with E-state index >= 15 is 0 Å². The van der Waals surface area contributed by atoms with Crippen molar-refractivity contribution in [2.24, 2.45) is 5.92 Å². The molecule has 0 heterocycles. The molecule has 0 aliphatic heterocycles. The predicted octanol–water partition coefficient (Wildman–Crippen LogP) is 2.11. The fourth-order valence-electron chi connectivity index (χ4n) is 1.78. The maximum Gasteiger partial charge on any atom is 0.243 e. The Morgan fingerprint density at radius 1 is 1.36 bits per heavy atom. The number of hydrogen-bond acceptors (Lipinski definition) is 1. The summed E-state index contributed by atoms with van der Waals surface area (Å²) in [5, 5.41) is 2.73. The van der Waals surface area contributed by atoms with Crippen LogP contribution in [-0.2, 0) is 4.79 Å². The standard InChI is InChI=1S/C10H15F2NO/c1-2-9(14)13-8-5-3-7(4-6-8)10(11)12/h2,7-8,10H,1,3-6H2,(H,13,14). The van der Waals surface area contributed by atoms with Gasteiger partial charge in [0.1, 0.15) is 0 Å². The molecule has 2 nitrogen and oxygen atoms in total. The van der Waals surface area contributed by atoms with Crippen LogP contribution in [0.2, 0.25) is 0 Å². The zero-order valence-electron chi connectivity index (χ0n) is 8.01. The zero-order valence-corrected chi connectivity index (χ0v) is 8.01. The van der Waals surface area contributed by atoms with Gasteiger partial charge in [-0.25, -0.2) is 8.78 Å². The average Bonchev–Trinajstić information content (AvgIpc) is 2.18. The van der Waals surface area contributed by atoms with Gasteiger partial charge < -0.3 is 5.32 Å². The van der Waals surface area contributed by atoms with Crippen molar-refractivity contribution in [3.63, 3.8) is 0 Å². The Hall–Kier alpha value is -0.930. The van der Waals surface area contributed by atoms with Crippen molar-refractivity contribution < 1.29 is 13.6 Å². The second-order valence-corrected chi connectivity index (χ2v) is 3.66. The lowest BCUT2D eigenvalue weighted by atomic mass is 9.86. The molecule has 1 aliphatic carbocycles. The van der Waals surface area contributed by atoms with Crippen LogP contribution in [0, 0.1) is 5.92 Å². The van der Waals surface area contributed by atoms with Gasteiger partial charge in [-0.05, 0) is 31.8 Å². The Bertz CT molecular complexity index is 210. The van der Waals surface area contributed by atoms with Gasteiger partial charge in [0, 0.05) is 12.0 Å². The topological polar surface area (TPSA) is 29.1 Å². The van der Waals surface area contributed by atoms with Gasteiger partial charge in [-0.1, -0.05) is 6.58 Å². The first-order chi connectivity index (χ1) is 6.63. The van der Waals surface area contributed by atoms with Gasteiger partial charge in [0.2, 0.25) is 12.3 Å². The highest BCUT2D eigenvalue weighted by Crippen LogP contribution is 2.28. The van der Waals surface area contributed by atoms with Crippen molar-refractivity contribution in [2.75, 3.05) is 0 Å². The number of nitrogens with one attached hydrogen (secondary N) is 1. The molecule has 0 atom stereocenters. The van der Waals surface area contributed by atoms with Gasteiger partial charge in [-0.3, -0.25) is 4.79 Å². The van der Waals surface area contributed by atoms with Gasteiger partial charge in [0.25, 0.3) is 0 Å². The zero-order chi connectivity index (χ0) is 10.6. The molecule has 1 N–H and O–H groups in total. The third kappa shape index (κ3) is 3.09. The number of halogens is 2. The number of rotatable bonds is 3. The normalized spacial score (nSPS) is 27.4. The van der Waals surface area contributed by atoms with E-state index in [4.69, 9.17) is 0 Å². The molecule has 1 amide bonds. The van der Waals surface area contributed by atoms with Crippen LogP contribution in [0.1, 0.15) is 25.7 Å². The molecule has 80 valence electrons. The number of carbonyl (C=O) groups excluding carboxylic acids is 1. The highest BCUT2D eigenvalue weighted by Gasteiger charge is 2.27. The van der Waals surface area contributed by atoms with Crippen LogP contribution in [0.3, 0.4) is 0 Å². The molecule has 0 spiro atoms. The quantitative estimate of drug-likeness (QED) is 0.699. The molecule has 0 saturated heterocycles. The van der Waals surface area contributed by atoms with E-state index in [1.54, 1.807) is 0 Å². The van der Waals surface area contributed by atoms with E-state index < -0.39 is 12.3 Å². The maximum atomic E-state index is 12.3. The number of hydrogen-bond donors (Lipinski definition) is 1. The highest BCUT2D eigenvalue weighted by molar-refractivity contribution is 5.87. The molecule has 0 aromatic carbocycles. The smallest absolute Gasteiger partial charge is 0.243 e. The minimum absolute atomic E-state index is 0.0514. The summed E-state index contributed by atoms with van der Waals surface area (Å²) >= 11 is 0. The molecule has 1 saturated carbocycles. The molecule has 0 unspecified atom stereocenters. The molecule has 0 radical (unpaired) electrons. The lowest BCUT2D eigenvalue weighted by Gasteiger charge is -2.28. The Morgan fingerprint density at radius 2 is 1.93 bits per heavy atom. The van der Waals surface area contributed by atoms with E-state index in [1.165, 1.54) is 6.08 Å². The fourth-order valence-corrected chi connectivity index (χ4v) is 1.78. The Morgan fingerprint density at radius 3 is 2.36 bits per heavy atom. The monoisotopic (exact) mass is 203 g/mol. The summed E-state index contributed by atoms with van der Waals surface area (Å²) < 4.78 is 24.5. The summed E-state index contributed by atoms with van der Waals surface area (Å²) in [6.45, 7) is 3.34. The number of carbonyl (C=O) groups is 1. The lowest BCUT2D eigenvalue weighted by molar-refractivity contribution is -0.117. The summed E-state index contributed by atoms with van der Waals surface area (Å²) in [4.78, 5) is 10.9. The van der Waals surface area contributed by atoms with Crippen molar-refractivity contribution in [3.05, 3.63) is 12.7 Å². The summed E-state index contributed by atoms with van der Waals surface area (Å²) in [6.07, 6.45) is 1.29. The minimum Gasteiger partial charge on any atom is -0.350 e. The Balaban J connectivity index is 2.28. The second-order valence-electron chi connectivity index (χ2n) is 3.66. The first kappa shape index (κ1) is 11.1. The van der Waals surface area contributed by atoms with Crippen LogP contribution in [0.15, 0.2) is 12.7 Å².